The summed E-state index contributed by atoms with van der Waals surface area (Å²) in [6.45, 7) is 3.24. The summed E-state index contributed by atoms with van der Waals surface area (Å²) in [5.41, 5.74) is 1.59. The molecular formula is C14H19ClN4O. The fourth-order valence-electron chi connectivity index (χ4n) is 2.68. The first-order valence-corrected chi connectivity index (χ1v) is 7.58. The van der Waals surface area contributed by atoms with Crippen molar-refractivity contribution in [2.45, 2.75) is 32.7 Å². The molecule has 1 fully saturated rings. The fraction of sp³-hybridized carbons (Fsp3) is 0.643. The summed E-state index contributed by atoms with van der Waals surface area (Å²) in [6.07, 6.45) is 4.96. The van der Waals surface area contributed by atoms with Gasteiger partial charge < -0.3 is 9.30 Å². The number of methoxy groups -OCH3 is 1. The Balaban J connectivity index is 2.03. The van der Waals surface area contributed by atoms with Gasteiger partial charge in [-0.05, 0) is 24.7 Å². The summed E-state index contributed by atoms with van der Waals surface area (Å²) >= 11 is 5.90. The molecule has 5 nitrogen and oxygen atoms in total. The molecule has 1 aliphatic rings. The van der Waals surface area contributed by atoms with Crippen LogP contribution in [0.5, 0.6) is 5.88 Å². The highest BCUT2D eigenvalue weighted by atomic mass is 35.5. The molecule has 20 heavy (non-hydrogen) atoms. The van der Waals surface area contributed by atoms with Gasteiger partial charge in [0.2, 0.25) is 5.88 Å². The van der Waals surface area contributed by atoms with Crippen molar-refractivity contribution in [3.8, 4) is 5.88 Å². The molecular weight excluding hydrogens is 276 g/mol. The van der Waals surface area contributed by atoms with E-state index in [9.17, 15) is 0 Å². The second-order valence-electron chi connectivity index (χ2n) is 5.45. The predicted molar refractivity (Wildman–Crippen MR) is 78.2 cm³/mol. The van der Waals surface area contributed by atoms with Crippen molar-refractivity contribution in [1.29, 1.82) is 0 Å². The van der Waals surface area contributed by atoms with Gasteiger partial charge in [0.05, 0.1) is 7.11 Å². The van der Waals surface area contributed by atoms with Crippen LogP contribution in [0.1, 0.15) is 25.6 Å². The molecule has 0 bridgehead atoms. The lowest BCUT2D eigenvalue weighted by atomic mass is 10.1. The van der Waals surface area contributed by atoms with Gasteiger partial charge in [0.15, 0.2) is 11.2 Å². The Kier molecular flexibility index (Phi) is 3.78. The lowest BCUT2D eigenvalue weighted by Crippen LogP contribution is -2.13. The van der Waals surface area contributed by atoms with Crippen LogP contribution < -0.4 is 4.74 Å². The first-order chi connectivity index (χ1) is 9.74. The zero-order valence-electron chi connectivity index (χ0n) is 11.8. The third-order valence-electron chi connectivity index (χ3n) is 3.99. The molecule has 1 aliphatic carbocycles. The molecule has 0 spiro atoms. The van der Waals surface area contributed by atoms with Gasteiger partial charge in [-0.15, -0.1) is 11.6 Å². The summed E-state index contributed by atoms with van der Waals surface area (Å²) in [4.78, 5) is 13.2. The number of rotatable bonds is 6. The minimum Gasteiger partial charge on any atom is -0.479 e. The van der Waals surface area contributed by atoms with Crippen molar-refractivity contribution in [3.05, 3.63) is 12.2 Å². The number of fused-ring (bicyclic) bond motifs is 1. The van der Waals surface area contributed by atoms with Crippen LogP contribution in [0.15, 0.2) is 6.33 Å². The molecule has 2 aromatic rings. The summed E-state index contributed by atoms with van der Waals surface area (Å²) in [5, 5.41) is 0. The second-order valence-corrected chi connectivity index (χ2v) is 5.83. The van der Waals surface area contributed by atoms with E-state index in [4.69, 9.17) is 16.3 Å². The quantitative estimate of drug-likeness (QED) is 0.769. The lowest BCUT2D eigenvalue weighted by Gasteiger charge is -2.13. The third-order valence-corrected chi connectivity index (χ3v) is 4.18. The SMILES string of the molecule is COc1ncnc2c1nc(CCCl)n2CC(C)C1CC1. The molecule has 1 saturated carbocycles. The van der Waals surface area contributed by atoms with Crippen LogP contribution in [0.25, 0.3) is 11.2 Å². The van der Waals surface area contributed by atoms with Crippen molar-refractivity contribution in [1.82, 2.24) is 19.5 Å². The van der Waals surface area contributed by atoms with Crippen LogP contribution in [0.4, 0.5) is 0 Å². The van der Waals surface area contributed by atoms with Gasteiger partial charge in [0.25, 0.3) is 0 Å². The normalized spacial score (nSPS) is 16.6. The van der Waals surface area contributed by atoms with E-state index in [2.05, 4.69) is 26.4 Å². The van der Waals surface area contributed by atoms with Gasteiger partial charge in [-0.3, -0.25) is 0 Å². The van der Waals surface area contributed by atoms with E-state index in [1.54, 1.807) is 7.11 Å². The topological polar surface area (TPSA) is 52.8 Å². The van der Waals surface area contributed by atoms with E-state index in [-0.39, 0.29) is 0 Å². The molecule has 2 aromatic heterocycles. The summed E-state index contributed by atoms with van der Waals surface area (Å²) in [6, 6.07) is 0. The van der Waals surface area contributed by atoms with Crippen molar-refractivity contribution < 1.29 is 4.74 Å². The molecule has 6 heteroatoms. The van der Waals surface area contributed by atoms with Crippen molar-refractivity contribution in [2.24, 2.45) is 11.8 Å². The number of aromatic nitrogens is 4. The van der Waals surface area contributed by atoms with Crippen LogP contribution in [-0.2, 0) is 13.0 Å². The van der Waals surface area contributed by atoms with E-state index in [0.29, 0.717) is 17.7 Å². The molecule has 2 heterocycles. The maximum absolute atomic E-state index is 5.90. The van der Waals surface area contributed by atoms with Crippen LogP contribution in [0, 0.1) is 11.8 Å². The highest BCUT2D eigenvalue weighted by Gasteiger charge is 2.29. The number of alkyl halides is 1. The average molecular weight is 295 g/mol. The third kappa shape index (κ3) is 2.46. The number of aryl methyl sites for hydroxylation is 1. The molecule has 1 atom stereocenters. The smallest absolute Gasteiger partial charge is 0.245 e. The van der Waals surface area contributed by atoms with Crippen LogP contribution in [0.3, 0.4) is 0 Å². The Morgan fingerprint density at radius 3 is 2.90 bits per heavy atom. The molecule has 3 rings (SSSR count). The van der Waals surface area contributed by atoms with E-state index < -0.39 is 0 Å². The number of hydrogen-bond acceptors (Lipinski definition) is 4. The largest absolute Gasteiger partial charge is 0.479 e. The number of imidazole rings is 1. The summed E-state index contributed by atoms with van der Waals surface area (Å²) < 4.78 is 7.46. The molecule has 0 N–H and O–H groups in total. The number of halogens is 1. The van der Waals surface area contributed by atoms with Gasteiger partial charge in [-0.2, -0.15) is 4.98 Å². The zero-order chi connectivity index (χ0) is 14.1. The molecule has 0 amide bonds. The maximum Gasteiger partial charge on any atom is 0.245 e. The van der Waals surface area contributed by atoms with Crippen LogP contribution in [0.2, 0.25) is 0 Å². The number of ether oxygens (including phenoxy) is 1. The van der Waals surface area contributed by atoms with E-state index in [1.165, 1.54) is 19.2 Å². The predicted octanol–water partition coefficient (Wildman–Crippen LogP) is 2.66. The van der Waals surface area contributed by atoms with Crippen LogP contribution >= 0.6 is 11.6 Å². The average Bonchev–Trinajstić information content (AvgIpc) is 3.24. The van der Waals surface area contributed by atoms with E-state index in [0.717, 1.165) is 35.9 Å². The van der Waals surface area contributed by atoms with Crippen molar-refractivity contribution >= 4 is 22.8 Å². The Labute approximate surface area is 123 Å². The van der Waals surface area contributed by atoms with Gasteiger partial charge in [-0.1, -0.05) is 6.92 Å². The highest BCUT2D eigenvalue weighted by molar-refractivity contribution is 6.17. The molecule has 108 valence electrons. The lowest BCUT2D eigenvalue weighted by molar-refractivity contribution is 0.401. The zero-order valence-corrected chi connectivity index (χ0v) is 12.6. The first-order valence-electron chi connectivity index (χ1n) is 7.04. The fourth-order valence-corrected chi connectivity index (χ4v) is 2.85. The summed E-state index contributed by atoms with van der Waals surface area (Å²) in [7, 11) is 1.61. The summed E-state index contributed by atoms with van der Waals surface area (Å²) in [5.74, 6) is 3.55. The molecule has 0 aliphatic heterocycles. The van der Waals surface area contributed by atoms with Crippen molar-refractivity contribution in [3.63, 3.8) is 0 Å². The Morgan fingerprint density at radius 1 is 1.45 bits per heavy atom. The molecule has 0 saturated heterocycles. The van der Waals surface area contributed by atoms with E-state index >= 15 is 0 Å². The monoisotopic (exact) mass is 294 g/mol. The van der Waals surface area contributed by atoms with Gasteiger partial charge in [-0.25, -0.2) is 9.97 Å². The first kappa shape index (κ1) is 13.6. The molecule has 0 aromatic carbocycles. The van der Waals surface area contributed by atoms with Crippen molar-refractivity contribution in [2.75, 3.05) is 13.0 Å². The Morgan fingerprint density at radius 2 is 2.25 bits per heavy atom. The van der Waals surface area contributed by atoms with Gasteiger partial charge >= 0.3 is 0 Å². The van der Waals surface area contributed by atoms with Gasteiger partial charge in [0.1, 0.15) is 12.2 Å². The van der Waals surface area contributed by atoms with Crippen LogP contribution in [-0.4, -0.2) is 32.5 Å². The minimum atomic E-state index is 0.531. The number of nitrogens with zero attached hydrogens (tertiary/aromatic N) is 4. The highest BCUT2D eigenvalue weighted by Crippen LogP contribution is 2.38. The number of hydrogen-bond donors (Lipinski definition) is 0. The molecule has 1 unspecified atom stereocenters. The van der Waals surface area contributed by atoms with Gasteiger partial charge in [0, 0.05) is 18.8 Å². The Hall–Kier alpha value is -1.36. The minimum absolute atomic E-state index is 0.531. The van der Waals surface area contributed by atoms with E-state index in [1.807, 2.05) is 0 Å². The maximum atomic E-state index is 5.90. The Bertz CT molecular complexity index is 608. The second kappa shape index (κ2) is 5.56. The molecule has 0 radical (unpaired) electrons. The standard InChI is InChI=1S/C14H19ClN4O/c1-9(10-3-4-10)7-19-11(5-6-15)18-12-13(19)16-8-17-14(12)20-2/h8-10H,3-7H2,1-2H3.